The molecule has 0 saturated heterocycles. The number of thiazole rings is 1. The average Bonchev–Trinajstić information content (AvgIpc) is 3.35. The van der Waals surface area contributed by atoms with Crippen molar-refractivity contribution in [3.8, 4) is 11.8 Å². The number of aromatic nitrogens is 1. The molecule has 0 radical (unpaired) electrons. The predicted molar refractivity (Wildman–Crippen MR) is 102 cm³/mol. The number of nitrogens with zero attached hydrogens (tertiary/aromatic N) is 2. The van der Waals surface area contributed by atoms with Gasteiger partial charge in [0.1, 0.15) is 29.8 Å². The van der Waals surface area contributed by atoms with Gasteiger partial charge in [-0.2, -0.15) is 5.26 Å². The Morgan fingerprint density at radius 2 is 2.19 bits per heavy atom. The zero-order valence-corrected chi connectivity index (χ0v) is 15.5. The maximum Gasteiger partial charge on any atom is 0.262 e. The first-order valence-electron chi connectivity index (χ1n) is 8.20. The van der Waals surface area contributed by atoms with Gasteiger partial charge in [0.25, 0.3) is 5.91 Å². The number of nitriles is 1. The van der Waals surface area contributed by atoms with Crippen LogP contribution in [0.3, 0.4) is 0 Å². The van der Waals surface area contributed by atoms with Gasteiger partial charge >= 0.3 is 0 Å². The van der Waals surface area contributed by atoms with Crippen LogP contribution in [0.5, 0.6) is 5.75 Å². The summed E-state index contributed by atoms with van der Waals surface area (Å²) in [6.45, 7) is 2.58. The van der Waals surface area contributed by atoms with Crippen molar-refractivity contribution in [3.63, 3.8) is 0 Å². The van der Waals surface area contributed by atoms with E-state index in [-0.39, 0.29) is 12.1 Å². The smallest absolute Gasteiger partial charge is 0.262 e. The van der Waals surface area contributed by atoms with Crippen LogP contribution in [0.1, 0.15) is 22.0 Å². The van der Waals surface area contributed by atoms with Gasteiger partial charge < -0.3 is 14.5 Å². The summed E-state index contributed by atoms with van der Waals surface area (Å²) in [7, 11) is 0. The first-order chi connectivity index (χ1) is 13.1. The summed E-state index contributed by atoms with van der Waals surface area (Å²) in [4.78, 5) is 16.5. The van der Waals surface area contributed by atoms with Crippen LogP contribution in [-0.4, -0.2) is 10.9 Å². The lowest BCUT2D eigenvalue weighted by Gasteiger charge is -2.05. The molecule has 2 aromatic heterocycles. The Bertz CT molecular complexity index is 967. The highest BCUT2D eigenvalue weighted by Crippen LogP contribution is 2.17. The molecule has 2 heterocycles. The molecule has 1 amide bonds. The van der Waals surface area contributed by atoms with Crippen molar-refractivity contribution in [3.05, 3.63) is 75.6 Å². The molecule has 0 fully saturated rings. The Hall–Kier alpha value is -3.37. The van der Waals surface area contributed by atoms with E-state index in [0.717, 1.165) is 16.3 Å². The molecule has 0 aliphatic carbocycles. The molecule has 1 N–H and O–H groups in total. The van der Waals surface area contributed by atoms with E-state index in [1.54, 1.807) is 47.7 Å². The third kappa shape index (κ3) is 5.30. The number of amides is 1. The summed E-state index contributed by atoms with van der Waals surface area (Å²) in [5, 5.41) is 14.9. The molecule has 1 aromatic carbocycles. The van der Waals surface area contributed by atoms with E-state index >= 15 is 0 Å². The highest BCUT2D eigenvalue weighted by Gasteiger charge is 2.09. The van der Waals surface area contributed by atoms with Gasteiger partial charge in [0.05, 0.1) is 23.5 Å². The van der Waals surface area contributed by atoms with E-state index in [9.17, 15) is 10.1 Å². The molecule has 6 nitrogen and oxygen atoms in total. The topological polar surface area (TPSA) is 88.1 Å². The highest BCUT2D eigenvalue weighted by molar-refractivity contribution is 7.09. The number of carbonyl (C=O) groups excluding carboxylic acids is 1. The fourth-order valence-electron chi connectivity index (χ4n) is 2.28. The standard InChI is InChI=1S/C20H17N3O3S/c1-14-23-17(13-27-14)12-26-18-6-4-15(5-7-18)9-16(10-21)20(24)22-11-19-3-2-8-25-19/h2-9,13H,11-12H2,1H3,(H,22,24)/b16-9+. The Balaban J connectivity index is 1.58. The summed E-state index contributed by atoms with van der Waals surface area (Å²) < 4.78 is 10.8. The quantitative estimate of drug-likeness (QED) is 0.498. The van der Waals surface area contributed by atoms with Crippen LogP contribution >= 0.6 is 11.3 Å². The van der Waals surface area contributed by atoms with E-state index in [4.69, 9.17) is 9.15 Å². The van der Waals surface area contributed by atoms with Crippen molar-refractivity contribution in [2.24, 2.45) is 0 Å². The number of aryl methyl sites for hydroxylation is 1. The monoisotopic (exact) mass is 379 g/mol. The number of hydrogen-bond donors (Lipinski definition) is 1. The highest BCUT2D eigenvalue weighted by atomic mass is 32.1. The maximum absolute atomic E-state index is 12.1. The van der Waals surface area contributed by atoms with Crippen LogP contribution < -0.4 is 10.1 Å². The fraction of sp³-hybridized carbons (Fsp3) is 0.150. The number of ether oxygens (including phenoxy) is 1. The first kappa shape index (κ1) is 18.4. The molecule has 0 saturated carbocycles. The minimum atomic E-state index is -0.451. The van der Waals surface area contributed by atoms with Gasteiger partial charge in [-0.05, 0) is 42.8 Å². The summed E-state index contributed by atoms with van der Waals surface area (Å²) in [5.41, 5.74) is 1.64. The molecule has 7 heteroatoms. The van der Waals surface area contributed by atoms with Crippen LogP contribution in [0.4, 0.5) is 0 Å². The Kier molecular flexibility index (Phi) is 6.02. The molecule has 3 rings (SSSR count). The van der Waals surface area contributed by atoms with Crippen LogP contribution in [0, 0.1) is 18.3 Å². The van der Waals surface area contributed by atoms with Crippen LogP contribution in [-0.2, 0) is 17.9 Å². The second-order valence-electron chi connectivity index (χ2n) is 5.65. The van der Waals surface area contributed by atoms with Crippen LogP contribution in [0.15, 0.2) is 58.0 Å². The fourth-order valence-corrected chi connectivity index (χ4v) is 2.88. The third-order valence-corrected chi connectivity index (χ3v) is 4.44. The van der Waals surface area contributed by atoms with Gasteiger partial charge in [-0.25, -0.2) is 4.98 Å². The van der Waals surface area contributed by atoms with E-state index < -0.39 is 5.91 Å². The summed E-state index contributed by atoms with van der Waals surface area (Å²) in [6, 6.07) is 12.6. The van der Waals surface area contributed by atoms with Gasteiger partial charge in [0.15, 0.2) is 0 Å². The second kappa shape index (κ2) is 8.83. The number of furan rings is 1. The minimum absolute atomic E-state index is 0.0215. The van der Waals surface area contributed by atoms with Crippen LogP contribution in [0.25, 0.3) is 6.08 Å². The lowest BCUT2D eigenvalue weighted by atomic mass is 10.1. The SMILES string of the molecule is Cc1nc(COc2ccc(/C=C(\C#N)C(=O)NCc3ccco3)cc2)cs1. The van der Waals surface area contributed by atoms with Crippen molar-refractivity contribution in [2.45, 2.75) is 20.1 Å². The van der Waals surface area contributed by atoms with E-state index in [0.29, 0.717) is 18.1 Å². The summed E-state index contributed by atoms with van der Waals surface area (Å²) >= 11 is 1.58. The van der Waals surface area contributed by atoms with Crippen molar-refractivity contribution in [1.29, 1.82) is 5.26 Å². The third-order valence-electron chi connectivity index (χ3n) is 3.61. The number of benzene rings is 1. The molecular formula is C20H17N3O3S. The molecule has 0 bridgehead atoms. The van der Waals surface area contributed by atoms with Gasteiger partial charge in [0, 0.05) is 5.38 Å². The molecule has 3 aromatic rings. The number of nitrogens with one attached hydrogen (secondary N) is 1. The summed E-state index contributed by atoms with van der Waals surface area (Å²) in [5.74, 6) is 0.865. The molecule has 0 aliphatic heterocycles. The molecule has 27 heavy (non-hydrogen) atoms. The minimum Gasteiger partial charge on any atom is -0.487 e. The van der Waals surface area contributed by atoms with E-state index in [1.165, 1.54) is 12.3 Å². The van der Waals surface area contributed by atoms with Crippen LogP contribution in [0.2, 0.25) is 0 Å². The Labute approximate surface area is 160 Å². The normalized spacial score (nSPS) is 11.0. The molecule has 0 atom stereocenters. The molecule has 0 unspecified atom stereocenters. The van der Waals surface area contributed by atoms with Gasteiger partial charge in [-0.3, -0.25) is 4.79 Å². The second-order valence-corrected chi connectivity index (χ2v) is 6.71. The van der Waals surface area contributed by atoms with Crippen molar-refractivity contribution in [2.75, 3.05) is 0 Å². The zero-order chi connectivity index (χ0) is 19.1. The van der Waals surface area contributed by atoms with Gasteiger partial charge in [-0.15, -0.1) is 11.3 Å². The Morgan fingerprint density at radius 3 is 2.81 bits per heavy atom. The van der Waals surface area contributed by atoms with Crippen molar-refractivity contribution < 1.29 is 13.9 Å². The number of rotatable bonds is 7. The maximum atomic E-state index is 12.1. The lowest BCUT2D eigenvalue weighted by molar-refractivity contribution is -0.117. The van der Waals surface area contributed by atoms with E-state index in [1.807, 2.05) is 18.4 Å². The van der Waals surface area contributed by atoms with Gasteiger partial charge in [-0.1, -0.05) is 12.1 Å². The molecule has 0 spiro atoms. The lowest BCUT2D eigenvalue weighted by Crippen LogP contribution is -2.23. The first-order valence-corrected chi connectivity index (χ1v) is 9.08. The largest absolute Gasteiger partial charge is 0.487 e. The van der Waals surface area contributed by atoms with Crippen molar-refractivity contribution >= 4 is 23.3 Å². The van der Waals surface area contributed by atoms with E-state index in [2.05, 4.69) is 10.3 Å². The summed E-state index contributed by atoms with van der Waals surface area (Å²) in [6.07, 6.45) is 3.06. The molecule has 0 aliphatic rings. The zero-order valence-electron chi connectivity index (χ0n) is 14.6. The average molecular weight is 379 g/mol. The number of carbonyl (C=O) groups is 1. The van der Waals surface area contributed by atoms with Crippen molar-refractivity contribution in [1.82, 2.24) is 10.3 Å². The Morgan fingerprint density at radius 1 is 1.37 bits per heavy atom. The molecular weight excluding hydrogens is 362 g/mol. The van der Waals surface area contributed by atoms with Gasteiger partial charge in [0.2, 0.25) is 0 Å². The predicted octanol–water partition coefficient (Wildman–Crippen LogP) is 3.85. The molecule has 136 valence electrons. The number of hydrogen-bond acceptors (Lipinski definition) is 6.